The molecule has 0 saturated carbocycles. The number of hydrogen-bond acceptors (Lipinski definition) is 5. The lowest BCUT2D eigenvalue weighted by Crippen LogP contribution is -1.93. The average Bonchev–Trinajstić information content (AvgIpc) is 2.84. The van der Waals surface area contributed by atoms with Crippen LogP contribution in [-0.4, -0.2) is 20.1 Å². The molecule has 0 saturated heterocycles. The van der Waals surface area contributed by atoms with Crippen LogP contribution in [0.3, 0.4) is 0 Å². The van der Waals surface area contributed by atoms with Crippen LogP contribution in [0.25, 0.3) is 11.0 Å². The molecule has 3 N–H and O–H groups in total. The third kappa shape index (κ3) is 1.50. The number of H-pyrrole nitrogens is 1. The number of imidazole rings is 1. The maximum Gasteiger partial charge on any atom is 0.318 e. The minimum absolute atomic E-state index is 0.0751. The Morgan fingerprint density at radius 2 is 2.12 bits per heavy atom. The van der Waals surface area contributed by atoms with E-state index in [2.05, 4.69) is 24.6 Å². The Balaban J connectivity index is 1.95. The predicted molar refractivity (Wildman–Crippen MR) is 57.6 cm³/mol. The zero-order valence-corrected chi connectivity index (χ0v) is 8.34. The van der Waals surface area contributed by atoms with Gasteiger partial charge in [-0.05, 0) is 12.1 Å². The molecule has 0 bridgehead atoms. The van der Waals surface area contributed by atoms with E-state index in [-0.39, 0.29) is 6.01 Å². The Hall–Kier alpha value is -2.37. The van der Waals surface area contributed by atoms with Crippen LogP contribution in [0.4, 0.5) is 6.01 Å². The Morgan fingerprint density at radius 1 is 1.25 bits per heavy atom. The molecule has 0 spiro atoms. The van der Waals surface area contributed by atoms with Gasteiger partial charge in [0.25, 0.3) is 0 Å². The highest BCUT2D eigenvalue weighted by Crippen LogP contribution is 2.12. The van der Waals surface area contributed by atoms with Crippen molar-refractivity contribution in [3.8, 4) is 0 Å². The lowest BCUT2D eigenvalue weighted by molar-refractivity contribution is 0.428. The molecule has 2 aromatic heterocycles. The second-order valence-electron chi connectivity index (χ2n) is 3.43. The summed E-state index contributed by atoms with van der Waals surface area (Å²) < 4.78 is 4.69. The summed E-state index contributed by atoms with van der Waals surface area (Å²) in [5.74, 6) is 1.32. The lowest BCUT2D eigenvalue weighted by atomic mass is 10.3. The van der Waals surface area contributed by atoms with Crippen molar-refractivity contribution in [2.24, 2.45) is 0 Å². The van der Waals surface area contributed by atoms with Crippen molar-refractivity contribution >= 4 is 17.0 Å². The van der Waals surface area contributed by atoms with Crippen LogP contribution in [0.5, 0.6) is 0 Å². The number of aromatic amines is 1. The van der Waals surface area contributed by atoms with Crippen LogP contribution >= 0.6 is 0 Å². The summed E-state index contributed by atoms with van der Waals surface area (Å²) >= 11 is 0. The summed E-state index contributed by atoms with van der Waals surface area (Å²) in [7, 11) is 0. The highest BCUT2D eigenvalue weighted by atomic mass is 16.5. The van der Waals surface area contributed by atoms with Gasteiger partial charge in [0, 0.05) is 0 Å². The summed E-state index contributed by atoms with van der Waals surface area (Å²) in [5.41, 5.74) is 7.26. The van der Waals surface area contributed by atoms with Gasteiger partial charge < -0.3 is 15.2 Å². The first-order chi connectivity index (χ1) is 7.81. The topological polar surface area (TPSA) is 93.6 Å². The fraction of sp³-hybridized carbons (Fsp3) is 0.100. The van der Waals surface area contributed by atoms with Crippen molar-refractivity contribution in [3.63, 3.8) is 0 Å². The van der Waals surface area contributed by atoms with Crippen LogP contribution in [-0.2, 0) is 6.42 Å². The van der Waals surface area contributed by atoms with E-state index in [1.807, 2.05) is 24.3 Å². The molecular formula is C10H9N5O. The molecule has 3 rings (SSSR count). The number of para-hydroxylation sites is 2. The van der Waals surface area contributed by atoms with E-state index in [0.29, 0.717) is 12.2 Å². The van der Waals surface area contributed by atoms with E-state index in [9.17, 15) is 0 Å². The van der Waals surface area contributed by atoms with E-state index in [0.717, 1.165) is 16.9 Å². The summed E-state index contributed by atoms with van der Waals surface area (Å²) in [5, 5.41) is 3.71. The van der Waals surface area contributed by atoms with Gasteiger partial charge in [-0.1, -0.05) is 17.3 Å². The van der Waals surface area contributed by atoms with Crippen molar-refractivity contribution < 1.29 is 4.52 Å². The predicted octanol–water partition coefficient (Wildman–Crippen LogP) is 1.12. The second kappa shape index (κ2) is 3.34. The minimum atomic E-state index is 0.0751. The van der Waals surface area contributed by atoms with Crippen molar-refractivity contribution in [3.05, 3.63) is 35.9 Å². The smallest absolute Gasteiger partial charge is 0.318 e. The molecule has 6 heteroatoms. The number of fused-ring (bicyclic) bond motifs is 1. The average molecular weight is 215 g/mol. The number of nitrogens with zero attached hydrogens (tertiary/aromatic N) is 3. The first kappa shape index (κ1) is 8.90. The van der Waals surface area contributed by atoms with Crippen molar-refractivity contribution in [1.82, 2.24) is 20.1 Å². The quantitative estimate of drug-likeness (QED) is 0.668. The van der Waals surface area contributed by atoms with Crippen LogP contribution < -0.4 is 5.73 Å². The molecule has 16 heavy (non-hydrogen) atoms. The third-order valence-electron chi connectivity index (χ3n) is 2.25. The zero-order chi connectivity index (χ0) is 11.0. The molecule has 1 aromatic carbocycles. The van der Waals surface area contributed by atoms with Crippen LogP contribution in [0.2, 0.25) is 0 Å². The monoisotopic (exact) mass is 215 g/mol. The number of aromatic nitrogens is 4. The number of nitrogens with two attached hydrogens (primary N) is 1. The number of benzene rings is 1. The Morgan fingerprint density at radius 3 is 2.88 bits per heavy atom. The largest absolute Gasteiger partial charge is 0.351 e. The molecule has 0 atom stereocenters. The van der Waals surface area contributed by atoms with Crippen molar-refractivity contribution in [2.75, 3.05) is 5.73 Å². The number of nitrogen functional groups attached to an aromatic ring is 1. The highest BCUT2D eigenvalue weighted by molar-refractivity contribution is 5.74. The molecule has 0 aliphatic heterocycles. The summed E-state index contributed by atoms with van der Waals surface area (Å²) in [4.78, 5) is 11.5. The molecule has 6 nitrogen and oxygen atoms in total. The van der Waals surface area contributed by atoms with Crippen LogP contribution in [0.1, 0.15) is 11.6 Å². The molecule has 3 aromatic rings. The zero-order valence-electron chi connectivity index (χ0n) is 8.34. The Bertz CT molecular complexity index is 594. The maximum absolute atomic E-state index is 5.34. The summed E-state index contributed by atoms with van der Waals surface area (Å²) in [6, 6.07) is 7.89. The molecule has 0 unspecified atom stereocenters. The Labute approximate surface area is 90.5 Å². The molecule has 0 aliphatic carbocycles. The molecule has 0 fully saturated rings. The van der Waals surface area contributed by atoms with E-state index in [1.54, 1.807) is 0 Å². The van der Waals surface area contributed by atoms with E-state index in [1.165, 1.54) is 0 Å². The SMILES string of the molecule is Nc1nc(Cc2nc3ccccc3[nH]2)no1. The van der Waals surface area contributed by atoms with Gasteiger partial charge in [0.05, 0.1) is 17.5 Å². The molecule has 0 amide bonds. The van der Waals surface area contributed by atoms with Gasteiger partial charge in [0.1, 0.15) is 5.82 Å². The van der Waals surface area contributed by atoms with Gasteiger partial charge in [-0.15, -0.1) is 0 Å². The lowest BCUT2D eigenvalue weighted by Gasteiger charge is -1.87. The van der Waals surface area contributed by atoms with Gasteiger partial charge in [0.15, 0.2) is 5.82 Å². The maximum atomic E-state index is 5.34. The van der Waals surface area contributed by atoms with E-state index in [4.69, 9.17) is 5.73 Å². The van der Waals surface area contributed by atoms with Crippen molar-refractivity contribution in [2.45, 2.75) is 6.42 Å². The molecule has 0 radical (unpaired) electrons. The number of nitrogens with one attached hydrogen (secondary N) is 1. The van der Waals surface area contributed by atoms with E-state index < -0.39 is 0 Å². The number of anilines is 1. The standard InChI is InChI=1S/C10H9N5O/c11-10-14-9(15-16-10)5-8-12-6-3-1-2-4-7(6)13-8/h1-4H,5H2,(H,12,13)(H2,11,14,15). The van der Waals surface area contributed by atoms with Gasteiger partial charge in [0.2, 0.25) is 0 Å². The molecule has 0 aliphatic rings. The van der Waals surface area contributed by atoms with Crippen molar-refractivity contribution in [1.29, 1.82) is 0 Å². The van der Waals surface area contributed by atoms with Crippen LogP contribution in [0.15, 0.2) is 28.8 Å². The van der Waals surface area contributed by atoms with Gasteiger partial charge in [-0.2, -0.15) is 4.98 Å². The third-order valence-corrected chi connectivity index (χ3v) is 2.25. The Kier molecular flexibility index (Phi) is 1.86. The second-order valence-corrected chi connectivity index (χ2v) is 3.43. The fourth-order valence-electron chi connectivity index (χ4n) is 1.58. The first-order valence-corrected chi connectivity index (χ1v) is 4.83. The number of rotatable bonds is 2. The minimum Gasteiger partial charge on any atom is -0.351 e. The fourth-order valence-corrected chi connectivity index (χ4v) is 1.58. The van der Waals surface area contributed by atoms with Crippen LogP contribution in [0, 0.1) is 0 Å². The summed E-state index contributed by atoms with van der Waals surface area (Å²) in [6.07, 6.45) is 0.482. The first-order valence-electron chi connectivity index (χ1n) is 4.83. The van der Waals surface area contributed by atoms with Gasteiger partial charge in [-0.3, -0.25) is 0 Å². The summed E-state index contributed by atoms with van der Waals surface area (Å²) in [6.45, 7) is 0. The normalized spacial score (nSPS) is 11.0. The molecular weight excluding hydrogens is 206 g/mol. The van der Waals surface area contributed by atoms with Gasteiger partial charge >= 0.3 is 6.01 Å². The van der Waals surface area contributed by atoms with Gasteiger partial charge in [-0.25, -0.2) is 4.98 Å². The number of hydrogen-bond donors (Lipinski definition) is 2. The van der Waals surface area contributed by atoms with E-state index >= 15 is 0 Å². The molecule has 2 heterocycles. The molecule has 80 valence electrons. The highest BCUT2D eigenvalue weighted by Gasteiger charge is 2.07.